The maximum absolute atomic E-state index is 13.7. The second-order valence-electron chi connectivity index (χ2n) is 5.40. The molecule has 0 saturated heterocycles. The summed E-state index contributed by atoms with van der Waals surface area (Å²) < 4.78 is 13.7. The number of benzene rings is 1. The summed E-state index contributed by atoms with van der Waals surface area (Å²) in [7, 11) is 0. The van der Waals surface area contributed by atoms with E-state index in [0.29, 0.717) is 12.1 Å². The first kappa shape index (κ1) is 15.3. The lowest BCUT2D eigenvalue weighted by atomic mass is 10.1. The molecule has 0 bridgehead atoms. The Hall–Kier alpha value is -2.59. The van der Waals surface area contributed by atoms with Crippen LogP contribution in [-0.2, 0) is 6.54 Å². The zero-order valence-corrected chi connectivity index (χ0v) is 12.9. The van der Waals surface area contributed by atoms with Crippen LogP contribution in [0.3, 0.4) is 0 Å². The summed E-state index contributed by atoms with van der Waals surface area (Å²) in [6.45, 7) is 2.54. The molecule has 0 aliphatic rings. The molecule has 0 radical (unpaired) electrons. The molecule has 0 fully saturated rings. The number of hydrogen-bond acceptors (Lipinski definition) is 3. The fourth-order valence-corrected chi connectivity index (χ4v) is 2.44. The number of pyridine rings is 2. The Labute approximate surface area is 135 Å². The molecule has 2 aromatic heterocycles. The van der Waals surface area contributed by atoms with Crippen LogP contribution in [0.4, 0.5) is 4.39 Å². The lowest BCUT2D eigenvalue weighted by molar-refractivity contribution is 0.525. The van der Waals surface area contributed by atoms with Crippen molar-refractivity contribution in [2.24, 2.45) is 0 Å². The average Bonchev–Trinajstić information content (AvgIpc) is 2.61. The van der Waals surface area contributed by atoms with E-state index in [4.69, 9.17) is 0 Å². The summed E-state index contributed by atoms with van der Waals surface area (Å²) >= 11 is 0. The van der Waals surface area contributed by atoms with Gasteiger partial charge in [0.1, 0.15) is 5.82 Å². The van der Waals surface area contributed by atoms with E-state index in [1.165, 1.54) is 6.07 Å². The minimum absolute atomic E-state index is 0.0714. The van der Waals surface area contributed by atoms with Crippen LogP contribution < -0.4 is 5.32 Å². The number of nitrogens with one attached hydrogen (secondary N) is 1. The van der Waals surface area contributed by atoms with Crippen LogP contribution in [0.1, 0.15) is 24.2 Å². The second kappa shape index (κ2) is 7.11. The average molecular weight is 307 g/mol. The molecule has 0 spiro atoms. The van der Waals surface area contributed by atoms with Gasteiger partial charge in [-0.3, -0.25) is 9.97 Å². The van der Waals surface area contributed by atoms with Crippen molar-refractivity contribution in [3.63, 3.8) is 0 Å². The van der Waals surface area contributed by atoms with Gasteiger partial charge in [0, 0.05) is 42.3 Å². The third-order valence-electron chi connectivity index (χ3n) is 3.80. The molecular formula is C19H18FN3. The lowest BCUT2D eigenvalue weighted by Gasteiger charge is -2.14. The van der Waals surface area contributed by atoms with Crippen LogP contribution in [0.5, 0.6) is 0 Å². The first-order valence-electron chi connectivity index (χ1n) is 7.57. The van der Waals surface area contributed by atoms with Crippen LogP contribution in [-0.4, -0.2) is 9.97 Å². The second-order valence-corrected chi connectivity index (χ2v) is 5.40. The van der Waals surface area contributed by atoms with Crippen molar-refractivity contribution in [2.45, 2.75) is 19.5 Å². The van der Waals surface area contributed by atoms with Crippen molar-refractivity contribution < 1.29 is 4.39 Å². The maximum atomic E-state index is 13.7. The molecule has 3 aromatic rings. The molecule has 1 N–H and O–H groups in total. The monoisotopic (exact) mass is 307 g/mol. The predicted octanol–water partition coefficient (Wildman–Crippen LogP) is 4.13. The Morgan fingerprint density at radius 3 is 2.48 bits per heavy atom. The summed E-state index contributed by atoms with van der Waals surface area (Å²) in [5, 5.41) is 3.30. The van der Waals surface area contributed by atoms with Gasteiger partial charge in [0.05, 0.1) is 5.69 Å². The number of halogens is 1. The largest absolute Gasteiger partial charge is 0.304 e. The molecule has 1 atom stereocenters. The lowest BCUT2D eigenvalue weighted by Crippen LogP contribution is -2.19. The SMILES string of the molecule is C[C@@H](NCc1ccc(-c2ccncc2)cn1)c1ccccc1F. The van der Waals surface area contributed by atoms with E-state index in [-0.39, 0.29) is 11.9 Å². The summed E-state index contributed by atoms with van der Waals surface area (Å²) in [5.41, 5.74) is 3.73. The molecule has 3 rings (SSSR count). The molecule has 23 heavy (non-hydrogen) atoms. The van der Waals surface area contributed by atoms with Gasteiger partial charge in [0.25, 0.3) is 0 Å². The third-order valence-corrected chi connectivity index (χ3v) is 3.80. The number of nitrogens with zero attached hydrogens (tertiary/aromatic N) is 2. The van der Waals surface area contributed by atoms with Gasteiger partial charge >= 0.3 is 0 Å². The molecule has 3 nitrogen and oxygen atoms in total. The normalized spacial score (nSPS) is 12.1. The minimum Gasteiger partial charge on any atom is -0.304 e. The van der Waals surface area contributed by atoms with E-state index >= 15 is 0 Å². The van der Waals surface area contributed by atoms with Crippen LogP contribution >= 0.6 is 0 Å². The van der Waals surface area contributed by atoms with Crippen LogP contribution in [0.2, 0.25) is 0 Å². The molecule has 0 aliphatic heterocycles. The van der Waals surface area contributed by atoms with Crippen LogP contribution in [0.15, 0.2) is 67.1 Å². The Morgan fingerprint density at radius 1 is 1.00 bits per heavy atom. The van der Waals surface area contributed by atoms with Gasteiger partial charge in [-0.2, -0.15) is 0 Å². The van der Waals surface area contributed by atoms with E-state index in [1.54, 1.807) is 24.5 Å². The Bertz CT molecular complexity index is 757. The van der Waals surface area contributed by atoms with E-state index in [1.807, 2.05) is 43.5 Å². The summed E-state index contributed by atoms with van der Waals surface area (Å²) in [6, 6.07) is 14.7. The van der Waals surface area contributed by atoms with Crippen LogP contribution in [0, 0.1) is 5.82 Å². The number of hydrogen-bond donors (Lipinski definition) is 1. The first-order chi connectivity index (χ1) is 11.2. The van der Waals surface area contributed by atoms with Gasteiger partial charge in [-0.25, -0.2) is 4.39 Å². The molecule has 0 aliphatic carbocycles. The van der Waals surface area contributed by atoms with E-state index in [0.717, 1.165) is 16.8 Å². The van der Waals surface area contributed by atoms with Crippen molar-refractivity contribution in [3.05, 3.63) is 84.2 Å². The quantitative estimate of drug-likeness (QED) is 0.770. The molecule has 2 heterocycles. The van der Waals surface area contributed by atoms with Crippen molar-refractivity contribution >= 4 is 0 Å². The van der Waals surface area contributed by atoms with E-state index in [9.17, 15) is 4.39 Å². The summed E-state index contributed by atoms with van der Waals surface area (Å²) in [5.74, 6) is -0.187. The Balaban J connectivity index is 1.64. The topological polar surface area (TPSA) is 37.8 Å². The summed E-state index contributed by atoms with van der Waals surface area (Å²) in [6.07, 6.45) is 5.38. The number of aromatic nitrogens is 2. The number of rotatable bonds is 5. The zero-order valence-electron chi connectivity index (χ0n) is 12.9. The van der Waals surface area contributed by atoms with E-state index in [2.05, 4.69) is 15.3 Å². The van der Waals surface area contributed by atoms with Gasteiger partial charge in [0.15, 0.2) is 0 Å². The van der Waals surface area contributed by atoms with Crippen molar-refractivity contribution in [1.29, 1.82) is 0 Å². The molecular weight excluding hydrogens is 289 g/mol. The zero-order chi connectivity index (χ0) is 16.1. The van der Waals surface area contributed by atoms with Crippen molar-refractivity contribution in [1.82, 2.24) is 15.3 Å². The molecule has 4 heteroatoms. The van der Waals surface area contributed by atoms with Crippen molar-refractivity contribution in [2.75, 3.05) is 0 Å². The third kappa shape index (κ3) is 3.79. The van der Waals surface area contributed by atoms with Gasteiger partial charge in [-0.15, -0.1) is 0 Å². The van der Waals surface area contributed by atoms with Gasteiger partial charge in [-0.05, 0) is 36.8 Å². The predicted molar refractivity (Wildman–Crippen MR) is 89.1 cm³/mol. The fourth-order valence-electron chi connectivity index (χ4n) is 2.44. The van der Waals surface area contributed by atoms with Gasteiger partial charge in [-0.1, -0.05) is 24.3 Å². The van der Waals surface area contributed by atoms with Gasteiger partial charge in [0.2, 0.25) is 0 Å². The highest BCUT2D eigenvalue weighted by molar-refractivity contribution is 5.61. The fraction of sp³-hybridized carbons (Fsp3) is 0.158. The minimum atomic E-state index is -0.187. The highest BCUT2D eigenvalue weighted by Crippen LogP contribution is 2.18. The molecule has 0 saturated carbocycles. The maximum Gasteiger partial charge on any atom is 0.127 e. The highest BCUT2D eigenvalue weighted by Gasteiger charge is 2.09. The standard InChI is InChI=1S/C19H18FN3/c1-14(18-4-2-3-5-19(18)20)22-13-17-7-6-16(12-23-17)15-8-10-21-11-9-15/h2-12,14,22H,13H2,1H3/t14-/m1/s1. The van der Waals surface area contributed by atoms with Crippen LogP contribution in [0.25, 0.3) is 11.1 Å². The molecule has 0 unspecified atom stereocenters. The van der Waals surface area contributed by atoms with E-state index < -0.39 is 0 Å². The smallest absolute Gasteiger partial charge is 0.127 e. The highest BCUT2D eigenvalue weighted by atomic mass is 19.1. The molecule has 1 aromatic carbocycles. The van der Waals surface area contributed by atoms with Gasteiger partial charge < -0.3 is 5.32 Å². The Morgan fingerprint density at radius 2 is 1.78 bits per heavy atom. The summed E-state index contributed by atoms with van der Waals surface area (Å²) in [4.78, 5) is 8.48. The molecule has 0 amide bonds. The van der Waals surface area contributed by atoms with Crippen molar-refractivity contribution in [3.8, 4) is 11.1 Å². The molecule has 116 valence electrons. The first-order valence-corrected chi connectivity index (χ1v) is 7.57. The Kier molecular flexibility index (Phi) is 4.74.